The van der Waals surface area contributed by atoms with E-state index in [2.05, 4.69) is 22.5 Å². The van der Waals surface area contributed by atoms with Gasteiger partial charge >= 0.3 is 0 Å². The van der Waals surface area contributed by atoms with Crippen LogP contribution in [-0.2, 0) is 0 Å². The molecule has 2 rings (SSSR count). The average Bonchev–Trinajstić information content (AvgIpc) is 2.29. The minimum Gasteiger partial charge on any atom is -0.342 e. The largest absolute Gasteiger partial charge is 0.342 e. The summed E-state index contributed by atoms with van der Waals surface area (Å²) in [6, 6.07) is 5.10. The zero-order valence-electron chi connectivity index (χ0n) is 9.58. The summed E-state index contributed by atoms with van der Waals surface area (Å²) in [5, 5.41) is 0. The summed E-state index contributed by atoms with van der Waals surface area (Å²) in [5.41, 5.74) is 2.33. The molecule has 0 bridgehead atoms. The normalized spacial score (nSPS) is 15.1. The molecule has 1 nitrogen and oxygen atoms in total. The maximum absolute atomic E-state index is 13.9. The molecule has 0 fully saturated rings. The minimum absolute atomic E-state index is 0.229. The smallest absolute Gasteiger partial charge is 0.133 e. The van der Waals surface area contributed by atoms with Gasteiger partial charge in [-0.25, -0.2) is 4.39 Å². The zero-order chi connectivity index (χ0) is 12.4. The summed E-state index contributed by atoms with van der Waals surface area (Å²) in [6.45, 7) is 6.75. The van der Waals surface area contributed by atoms with Gasteiger partial charge in [-0.15, -0.1) is 0 Å². The summed E-state index contributed by atoms with van der Waals surface area (Å²) in [7, 11) is 0. The van der Waals surface area contributed by atoms with Gasteiger partial charge in [-0.1, -0.05) is 28.6 Å². The highest BCUT2D eigenvalue weighted by atomic mass is 79.9. The summed E-state index contributed by atoms with van der Waals surface area (Å²) in [4.78, 5) is 1.99. The van der Waals surface area contributed by atoms with E-state index in [0.717, 1.165) is 22.4 Å². The van der Waals surface area contributed by atoms with Gasteiger partial charge in [0.05, 0.1) is 5.70 Å². The summed E-state index contributed by atoms with van der Waals surface area (Å²) in [6.07, 6.45) is 5.72. The van der Waals surface area contributed by atoms with Gasteiger partial charge in [-0.05, 0) is 37.3 Å². The molecule has 3 heteroatoms. The quantitative estimate of drug-likeness (QED) is 0.784. The Kier molecular flexibility index (Phi) is 3.48. The van der Waals surface area contributed by atoms with Crippen molar-refractivity contribution in [3.05, 3.63) is 64.6 Å². The molecule has 0 spiro atoms. The van der Waals surface area contributed by atoms with E-state index in [1.54, 1.807) is 6.07 Å². The number of hydrogen-bond acceptors (Lipinski definition) is 1. The molecule has 1 heterocycles. The molecule has 0 amide bonds. The van der Waals surface area contributed by atoms with E-state index >= 15 is 0 Å². The van der Waals surface area contributed by atoms with Gasteiger partial charge in [0, 0.05) is 22.3 Å². The topological polar surface area (TPSA) is 3.24 Å². The van der Waals surface area contributed by atoms with Crippen LogP contribution in [-0.4, -0.2) is 11.4 Å². The fraction of sp³-hybridized carbons (Fsp3) is 0.143. The Hall–Kier alpha value is -1.35. The van der Waals surface area contributed by atoms with Crippen molar-refractivity contribution in [3.8, 4) is 0 Å². The molecule has 0 saturated carbocycles. The molecule has 0 atom stereocenters. The first-order valence-electron chi connectivity index (χ1n) is 5.43. The molecule has 17 heavy (non-hydrogen) atoms. The van der Waals surface area contributed by atoms with Crippen LogP contribution in [0.1, 0.15) is 12.5 Å². The second-order valence-electron chi connectivity index (χ2n) is 3.77. The van der Waals surface area contributed by atoms with E-state index in [4.69, 9.17) is 0 Å². The van der Waals surface area contributed by atoms with Gasteiger partial charge in [0.15, 0.2) is 0 Å². The molecule has 1 aliphatic heterocycles. The Morgan fingerprint density at radius 2 is 2.18 bits per heavy atom. The zero-order valence-corrected chi connectivity index (χ0v) is 11.2. The van der Waals surface area contributed by atoms with E-state index in [-0.39, 0.29) is 5.82 Å². The number of allylic oxidation sites excluding steroid dienone is 3. The molecule has 1 aromatic rings. The van der Waals surface area contributed by atoms with Gasteiger partial charge in [-0.2, -0.15) is 0 Å². The van der Waals surface area contributed by atoms with Crippen LogP contribution in [0.2, 0.25) is 0 Å². The summed E-state index contributed by atoms with van der Waals surface area (Å²) in [5.74, 6) is -0.229. The van der Waals surface area contributed by atoms with Crippen molar-refractivity contribution in [1.82, 2.24) is 4.90 Å². The van der Waals surface area contributed by atoms with E-state index in [1.807, 2.05) is 36.1 Å². The summed E-state index contributed by atoms with van der Waals surface area (Å²) < 4.78 is 14.7. The van der Waals surface area contributed by atoms with Crippen LogP contribution >= 0.6 is 15.9 Å². The number of likely N-dealkylation sites (N-methyl/N-ethyl adjacent to an activating group) is 1. The number of benzene rings is 1. The van der Waals surface area contributed by atoms with Gasteiger partial charge in [0.25, 0.3) is 0 Å². The van der Waals surface area contributed by atoms with Crippen LogP contribution in [0.5, 0.6) is 0 Å². The van der Waals surface area contributed by atoms with E-state index in [9.17, 15) is 4.39 Å². The van der Waals surface area contributed by atoms with Crippen LogP contribution in [0.15, 0.2) is 53.2 Å². The predicted octanol–water partition coefficient (Wildman–Crippen LogP) is 4.33. The number of nitrogens with zero attached hydrogens (tertiary/aromatic N) is 1. The van der Waals surface area contributed by atoms with Crippen molar-refractivity contribution >= 4 is 21.6 Å². The van der Waals surface area contributed by atoms with E-state index < -0.39 is 0 Å². The lowest BCUT2D eigenvalue weighted by molar-refractivity contribution is 0.522. The lowest BCUT2D eigenvalue weighted by Gasteiger charge is -2.29. The molecule has 1 aromatic carbocycles. The SMILES string of the molecule is C=C1C=CC=C(c2ccc(Br)cc2F)N1CC. The van der Waals surface area contributed by atoms with Crippen molar-refractivity contribution < 1.29 is 4.39 Å². The van der Waals surface area contributed by atoms with Gasteiger partial charge in [-0.3, -0.25) is 0 Å². The summed E-state index contributed by atoms with van der Waals surface area (Å²) >= 11 is 3.26. The minimum atomic E-state index is -0.229. The fourth-order valence-corrected chi connectivity index (χ4v) is 2.22. The highest BCUT2D eigenvalue weighted by Gasteiger charge is 2.17. The van der Waals surface area contributed by atoms with E-state index in [0.29, 0.717) is 5.56 Å². The molecule has 0 aliphatic carbocycles. The molecular formula is C14H13BrFN. The Bertz CT molecular complexity index is 517. The second kappa shape index (κ2) is 4.88. The highest BCUT2D eigenvalue weighted by Crippen LogP contribution is 2.29. The van der Waals surface area contributed by atoms with Crippen LogP contribution < -0.4 is 0 Å². The van der Waals surface area contributed by atoms with Crippen LogP contribution in [0, 0.1) is 5.82 Å². The average molecular weight is 294 g/mol. The maximum Gasteiger partial charge on any atom is 0.133 e. The lowest BCUT2D eigenvalue weighted by atomic mass is 10.1. The molecule has 0 radical (unpaired) electrons. The third-order valence-corrected chi connectivity index (χ3v) is 3.20. The Morgan fingerprint density at radius 1 is 1.41 bits per heavy atom. The van der Waals surface area contributed by atoms with Crippen LogP contribution in [0.25, 0.3) is 5.70 Å². The Labute approximate surface area is 109 Å². The van der Waals surface area contributed by atoms with Crippen molar-refractivity contribution in [2.45, 2.75) is 6.92 Å². The van der Waals surface area contributed by atoms with Gasteiger partial charge in [0.2, 0.25) is 0 Å². The Balaban J connectivity index is 2.48. The van der Waals surface area contributed by atoms with Crippen LogP contribution in [0.3, 0.4) is 0 Å². The van der Waals surface area contributed by atoms with Crippen LogP contribution in [0.4, 0.5) is 4.39 Å². The highest BCUT2D eigenvalue weighted by molar-refractivity contribution is 9.10. The number of halogens is 2. The second-order valence-corrected chi connectivity index (χ2v) is 4.69. The number of rotatable bonds is 2. The van der Waals surface area contributed by atoms with Crippen molar-refractivity contribution in [1.29, 1.82) is 0 Å². The van der Waals surface area contributed by atoms with Crippen molar-refractivity contribution in [3.63, 3.8) is 0 Å². The molecule has 0 saturated heterocycles. The van der Waals surface area contributed by atoms with Crippen molar-refractivity contribution in [2.24, 2.45) is 0 Å². The molecule has 0 unspecified atom stereocenters. The standard InChI is InChI=1S/C14H13BrFN/c1-3-17-10(2)5-4-6-14(17)12-8-7-11(15)9-13(12)16/h4-9H,2-3H2,1H3. The first-order chi connectivity index (χ1) is 8.13. The lowest BCUT2D eigenvalue weighted by Crippen LogP contribution is -2.21. The molecule has 0 N–H and O–H groups in total. The number of hydrogen-bond donors (Lipinski definition) is 0. The Morgan fingerprint density at radius 3 is 2.82 bits per heavy atom. The molecule has 1 aliphatic rings. The monoisotopic (exact) mass is 293 g/mol. The third-order valence-electron chi connectivity index (χ3n) is 2.70. The third kappa shape index (κ3) is 2.34. The van der Waals surface area contributed by atoms with Gasteiger partial charge in [0.1, 0.15) is 5.82 Å². The molecular weight excluding hydrogens is 281 g/mol. The maximum atomic E-state index is 13.9. The van der Waals surface area contributed by atoms with E-state index in [1.165, 1.54) is 6.07 Å². The van der Waals surface area contributed by atoms with Crippen molar-refractivity contribution in [2.75, 3.05) is 6.54 Å². The first-order valence-corrected chi connectivity index (χ1v) is 6.23. The first kappa shape index (κ1) is 12.1. The predicted molar refractivity (Wildman–Crippen MR) is 72.7 cm³/mol. The van der Waals surface area contributed by atoms with Gasteiger partial charge < -0.3 is 4.90 Å². The molecule has 0 aromatic heterocycles. The molecule has 88 valence electrons. The fourth-order valence-electron chi connectivity index (χ4n) is 1.89.